The minimum absolute atomic E-state index is 0.927. The van der Waals surface area contributed by atoms with Crippen LogP contribution in [0.3, 0.4) is 0 Å². The van der Waals surface area contributed by atoms with Gasteiger partial charge in [-0.25, -0.2) is 4.48 Å². The summed E-state index contributed by atoms with van der Waals surface area (Å²) in [6.07, 6.45) is 6.45. The van der Waals surface area contributed by atoms with Crippen LogP contribution in [0.15, 0.2) is 12.4 Å². The van der Waals surface area contributed by atoms with Crippen molar-refractivity contribution in [2.24, 2.45) is 0 Å². The van der Waals surface area contributed by atoms with Gasteiger partial charge in [-0.15, -0.1) is 0 Å². The molecular formula is C7H14N2+2. The number of hydrogen-bond acceptors (Lipinski definition) is 0. The molecule has 0 fully saturated rings. The zero-order valence-corrected chi connectivity index (χ0v) is 6.33. The van der Waals surface area contributed by atoms with Crippen LogP contribution in [0.5, 0.6) is 0 Å². The van der Waals surface area contributed by atoms with E-state index < -0.39 is 0 Å². The smallest absolute Gasteiger partial charge is 0.214 e. The SMILES string of the molecule is CC[N+]1(C)C=C[N+](C)=C1. The molecule has 0 radical (unpaired) electrons. The molecule has 0 aromatic carbocycles. The molecule has 1 aliphatic heterocycles. The summed E-state index contributed by atoms with van der Waals surface area (Å²) in [5.74, 6) is 0. The fraction of sp³-hybridized carbons (Fsp3) is 0.571. The molecule has 0 aromatic heterocycles. The second-order valence-electron chi connectivity index (χ2n) is 2.74. The lowest BCUT2D eigenvalue weighted by Crippen LogP contribution is -2.35. The first-order valence-corrected chi connectivity index (χ1v) is 3.28. The summed E-state index contributed by atoms with van der Waals surface area (Å²) in [6.45, 7) is 3.31. The van der Waals surface area contributed by atoms with Crippen molar-refractivity contribution in [3.8, 4) is 0 Å². The van der Waals surface area contributed by atoms with E-state index in [4.69, 9.17) is 0 Å². The van der Waals surface area contributed by atoms with E-state index >= 15 is 0 Å². The molecule has 0 bridgehead atoms. The number of rotatable bonds is 1. The molecule has 1 atom stereocenters. The predicted molar refractivity (Wildman–Crippen MR) is 38.1 cm³/mol. The Bertz CT molecular complexity index is 170. The van der Waals surface area contributed by atoms with Crippen molar-refractivity contribution in [3.05, 3.63) is 12.4 Å². The minimum atomic E-state index is 0.927. The highest BCUT2D eigenvalue weighted by atomic mass is 15.4. The zero-order valence-electron chi connectivity index (χ0n) is 6.33. The predicted octanol–water partition coefficient (Wildman–Crippen LogP) is 0.608. The van der Waals surface area contributed by atoms with Gasteiger partial charge in [0.2, 0.25) is 6.20 Å². The van der Waals surface area contributed by atoms with E-state index in [1.807, 2.05) is 0 Å². The molecule has 2 heteroatoms. The Kier molecular flexibility index (Phi) is 1.41. The topological polar surface area (TPSA) is 3.01 Å². The highest BCUT2D eigenvalue weighted by Crippen LogP contribution is 2.03. The molecule has 2 nitrogen and oxygen atoms in total. The first-order chi connectivity index (χ1) is 4.16. The molecule has 0 aromatic rings. The van der Waals surface area contributed by atoms with Gasteiger partial charge < -0.3 is 0 Å². The molecule has 0 amide bonds. The zero-order chi connectivity index (χ0) is 6.91. The van der Waals surface area contributed by atoms with Gasteiger partial charge in [0.05, 0.1) is 13.6 Å². The molecule has 9 heavy (non-hydrogen) atoms. The lowest BCUT2D eigenvalue weighted by molar-refractivity contribution is -0.765. The third-order valence-corrected chi connectivity index (χ3v) is 1.77. The van der Waals surface area contributed by atoms with Crippen LogP contribution in [0.1, 0.15) is 6.92 Å². The molecule has 0 saturated carbocycles. The summed E-state index contributed by atoms with van der Waals surface area (Å²) in [7, 11) is 4.23. The fourth-order valence-electron chi connectivity index (χ4n) is 0.938. The minimum Gasteiger partial charge on any atom is -0.214 e. The van der Waals surface area contributed by atoms with Crippen molar-refractivity contribution in [1.82, 2.24) is 0 Å². The van der Waals surface area contributed by atoms with Gasteiger partial charge in [-0.3, -0.25) is 0 Å². The fourth-order valence-corrected chi connectivity index (χ4v) is 0.938. The van der Waals surface area contributed by atoms with E-state index in [9.17, 15) is 0 Å². The van der Waals surface area contributed by atoms with Crippen molar-refractivity contribution in [2.75, 3.05) is 20.6 Å². The van der Waals surface area contributed by atoms with Crippen LogP contribution in [0.4, 0.5) is 0 Å². The van der Waals surface area contributed by atoms with Gasteiger partial charge in [-0.05, 0) is 6.92 Å². The number of quaternary nitrogens is 1. The molecular weight excluding hydrogens is 112 g/mol. The Morgan fingerprint density at radius 1 is 1.56 bits per heavy atom. The Labute approximate surface area is 56.3 Å². The Morgan fingerprint density at radius 2 is 2.22 bits per heavy atom. The van der Waals surface area contributed by atoms with Gasteiger partial charge in [0.15, 0.2) is 6.20 Å². The van der Waals surface area contributed by atoms with Crippen LogP contribution in [0.25, 0.3) is 0 Å². The monoisotopic (exact) mass is 126 g/mol. The maximum atomic E-state index is 2.18. The molecule has 1 unspecified atom stereocenters. The largest absolute Gasteiger partial charge is 0.336 e. The normalized spacial score (nSPS) is 33.0. The van der Waals surface area contributed by atoms with Crippen LogP contribution in [0.2, 0.25) is 0 Å². The van der Waals surface area contributed by atoms with E-state index in [2.05, 4.69) is 44.3 Å². The maximum absolute atomic E-state index is 2.18. The molecule has 0 spiro atoms. The summed E-state index contributed by atoms with van der Waals surface area (Å²) < 4.78 is 3.01. The third kappa shape index (κ3) is 1.19. The molecule has 1 rings (SSSR count). The molecule has 0 N–H and O–H groups in total. The average Bonchev–Trinajstić information content (AvgIpc) is 2.13. The Morgan fingerprint density at radius 3 is 2.44 bits per heavy atom. The Balaban J connectivity index is 2.78. The molecule has 50 valence electrons. The first kappa shape index (κ1) is 6.49. The quantitative estimate of drug-likeness (QED) is 0.358. The van der Waals surface area contributed by atoms with Crippen LogP contribution < -0.4 is 0 Å². The van der Waals surface area contributed by atoms with Crippen molar-refractivity contribution < 1.29 is 9.06 Å². The summed E-state index contributed by atoms with van der Waals surface area (Å²) in [5.41, 5.74) is 0. The van der Waals surface area contributed by atoms with Gasteiger partial charge in [0.25, 0.3) is 0 Å². The lowest BCUT2D eigenvalue weighted by Gasteiger charge is -2.14. The van der Waals surface area contributed by atoms with Gasteiger partial charge in [-0.1, -0.05) is 0 Å². The van der Waals surface area contributed by atoms with E-state index in [0.29, 0.717) is 0 Å². The van der Waals surface area contributed by atoms with Crippen LogP contribution in [0, 0.1) is 0 Å². The van der Waals surface area contributed by atoms with Crippen LogP contribution in [-0.2, 0) is 0 Å². The van der Waals surface area contributed by atoms with E-state index in [1.54, 1.807) is 0 Å². The summed E-state index contributed by atoms with van der Waals surface area (Å²) in [6, 6.07) is 0. The van der Waals surface area contributed by atoms with Crippen molar-refractivity contribution >= 4 is 6.34 Å². The number of nitrogens with zero attached hydrogens (tertiary/aromatic N) is 2. The second kappa shape index (κ2) is 1.95. The van der Waals surface area contributed by atoms with Gasteiger partial charge >= 0.3 is 6.34 Å². The molecule has 0 saturated heterocycles. The summed E-state index contributed by atoms with van der Waals surface area (Å²) in [4.78, 5) is 0. The summed E-state index contributed by atoms with van der Waals surface area (Å²) in [5, 5.41) is 0. The van der Waals surface area contributed by atoms with E-state index in [-0.39, 0.29) is 0 Å². The molecule has 1 aliphatic rings. The van der Waals surface area contributed by atoms with E-state index in [1.165, 1.54) is 0 Å². The third-order valence-electron chi connectivity index (χ3n) is 1.77. The van der Waals surface area contributed by atoms with Crippen molar-refractivity contribution in [2.45, 2.75) is 6.92 Å². The molecule has 1 heterocycles. The first-order valence-electron chi connectivity index (χ1n) is 3.28. The maximum Gasteiger partial charge on any atom is 0.336 e. The lowest BCUT2D eigenvalue weighted by atomic mass is 10.5. The van der Waals surface area contributed by atoms with Crippen LogP contribution in [-0.4, -0.2) is 36.0 Å². The average molecular weight is 126 g/mol. The summed E-state index contributed by atoms with van der Waals surface area (Å²) >= 11 is 0. The van der Waals surface area contributed by atoms with Gasteiger partial charge in [0, 0.05) is 0 Å². The Hall–Kier alpha value is -0.630. The molecule has 0 aliphatic carbocycles. The van der Waals surface area contributed by atoms with Gasteiger partial charge in [0.1, 0.15) is 7.05 Å². The van der Waals surface area contributed by atoms with Crippen molar-refractivity contribution in [1.29, 1.82) is 0 Å². The number of hydrogen-bond donors (Lipinski definition) is 0. The van der Waals surface area contributed by atoms with Crippen LogP contribution >= 0.6 is 0 Å². The van der Waals surface area contributed by atoms with E-state index in [0.717, 1.165) is 11.0 Å². The van der Waals surface area contributed by atoms with Crippen molar-refractivity contribution in [3.63, 3.8) is 0 Å². The van der Waals surface area contributed by atoms with Gasteiger partial charge in [-0.2, -0.15) is 4.58 Å². The second-order valence-corrected chi connectivity index (χ2v) is 2.74. The highest BCUT2D eigenvalue weighted by Gasteiger charge is 2.23. The standard InChI is InChI=1S/C7H14N2/c1-4-9(3)6-5-8(2)7-9/h5-7H,4H2,1-3H3/q+2. The highest BCUT2D eigenvalue weighted by molar-refractivity contribution is 5.42.